The summed E-state index contributed by atoms with van der Waals surface area (Å²) < 4.78 is 13.3. The molecule has 0 aliphatic carbocycles. The van der Waals surface area contributed by atoms with Crippen LogP contribution in [0.3, 0.4) is 0 Å². The Labute approximate surface area is 226 Å². The van der Waals surface area contributed by atoms with Crippen LogP contribution in [-0.4, -0.2) is 56.7 Å². The molecule has 0 atom stereocenters. The van der Waals surface area contributed by atoms with E-state index in [1.165, 1.54) is 0 Å². The first-order valence-corrected chi connectivity index (χ1v) is 12.7. The number of nitrogens with zero attached hydrogens (tertiary/aromatic N) is 5. The number of benzene rings is 3. The van der Waals surface area contributed by atoms with E-state index < -0.39 is 0 Å². The Kier molecular flexibility index (Phi) is 7.97. The minimum atomic E-state index is 0.0264. The van der Waals surface area contributed by atoms with E-state index in [1.54, 1.807) is 18.1 Å². The third-order valence-corrected chi connectivity index (χ3v) is 6.53. The number of aromatic nitrogens is 5. The van der Waals surface area contributed by atoms with E-state index in [0.717, 1.165) is 45.5 Å². The summed E-state index contributed by atoms with van der Waals surface area (Å²) in [5, 5.41) is 15.0. The highest BCUT2D eigenvalue weighted by atomic mass is 16.5. The molecule has 2 aromatic heterocycles. The van der Waals surface area contributed by atoms with E-state index >= 15 is 0 Å². The number of amides is 1. The van der Waals surface area contributed by atoms with Gasteiger partial charge >= 0.3 is 0 Å². The maximum absolute atomic E-state index is 13.2. The highest BCUT2D eigenvalue weighted by molar-refractivity contribution is 5.93. The average molecular weight is 523 g/mol. The van der Waals surface area contributed by atoms with Crippen LogP contribution in [0.4, 0.5) is 0 Å². The van der Waals surface area contributed by atoms with Crippen molar-refractivity contribution < 1.29 is 14.3 Å². The summed E-state index contributed by atoms with van der Waals surface area (Å²) in [6.45, 7) is 1.31. The summed E-state index contributed by atoms with van der Waals surface area (Å²) in [6.07, 6.45) is 6.43. The monoisotopic (exact) mass is 522 g/mol. The van der Waals surface area contributed by atoms with Crippen molar-refractivity contribution in [1.82, 2.24) is 30.1 Å². The number of nitrogens with one attached hydrogen (secondary N) is 1. The number of aromatic amines is 1. The standard InChI is InChI=1S/C30H30N6O3/c1-35(17-16-22-8-11-25(38-2)12-9-22)30(37)20-36-19-24(10-15-29-31-33-34-32-29)27-18-26(13-14-28(27)36)39-21-23-6-4-3-5-7-23/h3-15,18-19H,16-17,20-21H2,1-2H3,(H,31,32,33,34). The molecule has 1 N–H and O–H groups in total. The second-order valence-electron chi connectivity index (χ2n) is 9.18. The molecule has 39 heavy (non-hydrogen) atoms. The lowest BCUT2D eigenvalue weighted by Crippen LogP contribution is -2.31. The van der Waals surface area contributed by atoms with Crippen molar-refractivity contribution in [2.45, 2.75) is 19.6 Å². The number of carbonyl (C=O) groups excluding carboxylic acids is 1. The fourth-order valence-corrected chi connectivity index (χ4v) is 4.28. The molecule has 9 heteroatoms. The van der Waals surface area contributed by atoms with Crippen LogP contribution in [0.25, 0.3) is 23.1 Å². The molecule has 3 aromatic carbocycles. The second-order valence-corrected chi connectivity index (χ2v) is 9.18. The zero-order valence-corrected chi connectivity index (χ0v) is 21.9. The number of H-pyrrole nitrogens is 1. The highest BCUT2D eigenvalue weighted by Crippen LogP contribution is 2.28. The van der Waals surface area contributed by atoms with Gasteiger partial charge in [0, 0.05) is 36.3 Å². The molecule has 2 heterocycles. The minimum Gasteiger partial charge on any atom is -0.497 e. The van der Waals surface area contributed by atoms with Crippen molar-refractivity contribution in [3.8, 4) is 11.5 Å². The van der Waals surface area contributed by atoms with Gasteiger partial charge in [-0.2, -0.15) is 5.21 Å². The maximum Gasteiger partial charge on any atom is 0.242 e. The van der Waals surface area contributed by atoms with Crippen molar-refractivity contribution in [2.75, 3.05) is 20.7 Å². The summed E-state index contributed by atoms with van der Waals surface area (Å²) in [5.74, 6) is 2.07. The molecule has 0 aliphatic rings. The van der Waals surface area contributed by atoms with Gasteiger partial charge in [-0.25, -0.2) is 0 Å². The van der Waals surface area contributed by atoms with E-state index in [0.29, 0.717) is 19.0 Å². The molecule has 0 saturated heterocycles. The molecule has 9 nitrogen and oxygen atoms in total. The Morgan fingerprint density at radius 1 is 1.00 bits per heavy atom. The molecular weight excluding hydrogens is 492 g/mol. The predicted molar refractivity (Wildman–Crippen MR) is 150 cm³/mol. The summed E-state index contributed by atoms with van der Waals surface area (Å²) in [7, 11) is 3.49. The molecule has 0 saturated carbocycles. The van der Waals surface area contributed by atoms with E-state index in [-0.39, 0.29) is 12.5 Å². The first-order chi connectivity index (χ1) is 19.1. The van der Waals surface area contributed by atoms with Crippen molar-refractivity contribution in [2.24, 2.45) is 0 Å². The van der Waals surface area contributed by atoms with Gasteiger partial charge in [-0.05, 0) is 65.2 Å². The van der Waals surface area contributed by atoms with Crippen LogP contribution < -0.4 is 9.47 Å². The quantitative estimate of drug-likeness (QED) is 0.272. The lowest BCUT2D eigenvalue weighted by Gasteiger charge is -2.18. The van der Waals surface area contributed by atoms with Gasteiger partial charge < -0.3 is 18.9 Å². The number of rotatable bonds is 11. The molecule has 5 aromatic rings. The molecule has 5 rings (SSSR count). The van der Waals surface area contributed by atoms with Gasteiger partial charge in [-0.15, -0.1) is 10.2 Å². The van der Waals surface area contributed by atoms with E-state index in [9.17, 15) is 4.79 Å². The van der Waals surface area contributed by atoms with Gasteiger partial charge in [0.25, 0.3) is 0 Å². The van der Waals surface area contributed by atoms with Crippen LogP contribution in [0.2, 0.25) is 0 Å². The van der Waals surface area contributed by atoms with E-state index in [4.69, 9.17) is 9.47 Å². The van der Waals surface area contributed by atoms with Gasteiger partial charge in [-0.1, -0.05) is 42.5 Å². The lowest BCUT2D eigenvalue weighted by molar-refractivity contribution is -0.130. The zero-order chi connectivity index (χ0) is 27.0. The number of likely N-dealkylation sites (N-methyl/N-ethyl adjacent to an activating group) is 1. The molecule has 0 radical (unpaired) electrons. The van der Waals surface area contributed by atoms with Crippen LogP contribution in [0.1, 0.15) is 22.5 Å². The topological polar surface area (TPSA) is 98.2 Å². The third-order valence-electron chi connectivity index (χ3n) is 6.53. The maximum atomic E-state index is 13.2. The number of carbonyl (C=O) groups is 1. The number of tetrazole rings is 1. The summed E-state index contributed by atoms with van der Waals surface area (Å²) in [4.78, 5) is 14.9. The SMILES string of the molecule is COc1ccc(CCN(C)C(=O)Cn2cc(C=Cc3nn[nH]n3)c3cc(OCc4ccccc4)ccc32)cc1. The summed E-state index contributed by atoms with van der Waals surface area (Å²) in [5.41, 5.74) is 4.11. The van der Waals surface area contributed by atoms with Crippen molar-refractivity contribution in [3.63, 3.8) is 0 Å². The van der Waals surface area contributed by atoms with Crippen LogP contribution in [0, 0.1) is 0 Å². The minimum absolute atomic E-state index is 0.0264. The fraction of sp³-hybridized carbons (Fsp3) is 0.200. The highest BCUT2D eigenvalue weighted by Gasteiger charge is 2.14. The normalized spacial score (nSPS) is 11.2. The molecular formula is C30H30N6O3. The van der Waals surface area contributed by atoms with Crippen LogP contribution >= 0.6 is 0 Å². The zero-order valence-electron chi connectivity index (χ0n) is 21.9. The second kappa shape index (κ2) is 12.1. The average Bonchev–Trinajstić information content (AvgIpc) is 3.62. The molecule has 0 spiro atoms. The summed E-state index contributed by atoms with van der Waals surface area (Å²) >= 11 is 0. The molecule has 0 aliphatic heterocycles. The molecule has 1 amide bonds. The van der Waals surface area contributed by atoms with E-state index in [2.05, 4.69) is 20.6 Å². The number of ether oxygens (including phenoxy) is 2. The Balaban J connectivity index is 1.33. The van der Waals surface area contributed by atoms with Crippen LogP contribution in [0.15, 0.2) is 79.0 Å². The van der Waals surface area contributed by atoms with Gasteiger partial charge in [0.1, 0.15) is 24.7 Å². The number of fused-ring (bicyclic) bond motifs is 1. The molecule has 0 fully saturated rings. The number of methoxy groups -OCH3 is 1. The molecule has 198 valence electrons. The van der Waals surface area contributed by atoms with Crippen molar-refractivity contribution >= 4 is 29.0 Å². The van der Waals surface area contributed by atoms with Gasteiger partial charge in [-0.3, -0.25) is 4.79 Å². The van der Waals surface area contributed by atoms with E-state index in [1.807, 2.05) is 96.7 Å². The summed E-state index contributed by atoms with van der Waals surface area (Å²) in [6, 6.07) is 23.9. The predicted octanol–water partition coefficient (Wildman–Crippen LogP) is 4.61. The number of hydrogen-bond acceptors (Lipinski definition) is 6. The Bertz CT molecular complexity index is 1540. The smallest absolute Gasteiger partial charge is 0.242 e. The number of hydrogen-bond donors (Lipinski definition) is 1. The van der Waals surface area contributed by atoms with Gasteiger partial charge in [0.15, 0.2) is 5.82 Å². The Morgan fingerprint density at radius 2 is 1.79 bits per heavy atom. The van der Waals surface area contributed by atoms with Crippen molar-refractivity contribution in [1.29, 1.82) is 0 Å². The van der Waals surface area contributed by atoms with Crippen molar-refractivity contribution in [3.05, 3.63) is 102 Å². The van der Waals surface area contributed by atoms with Crippen LogP contribution in [0.5, 0.6) is 11.5 Å². The fourth-order valence-electron chi connectivity index (χ4n) is 4.28. The lowest BCUT2D eigenvalue weighted by atomic mass is 10.1. The van der Waals surface area contributed by atoms with Gasteiger partial charge in [0.05, 0.1) is 7.11 Å². The largest absolute Gasteiger partial charge is 0.497 e. The Morgan fingerprint density at radius 3 is 2.54 bits per heavy atom. The van der Waals surface area contributed by atoms with Crippen LogP contribution in [-0.2, 0) is 24.4 Å². The van der Waals surface area contributed by atoms with Gasteiger partial charge in [0.2, 0.25) is 5.91 Å². The molecule has 0 unspecified atom stereocenters. The first kappa shape index (κ1) is 25.7. The Hall–Kier alpha value is -4.92. The molecule has 0 bridgehead atoms. The first-order valence-electron chi connectivity index (χ1n) is 12.7. The third kappa shape index (κ3) is 6.51.